The second-order valence-corrected chi connectivity index (χ2v) is 9.63. The third-order valence-electron chi connectivity index (χ3n) is 4.58. The van der Waals surface area contributed by atoms with Crippen LogP contribution in [-0.2, 0) is 11.3 Å². The molecule has 0 aliphatic rings. The summed E-state index contributed by atoms with van der Waals surface area (Å²) in [4.78, 5) is 24.9. The Balaban J connectivity index is 1.66. The molecule has 3 aromatic rings. The number of halogens is 5. The highest BCUT2D eigenvalue weighted by Crippen LogP contribution is 2.28. The predicted molar refractivity (Wildman–Crippen MR) is 131 cm³/mol. The van der Waals surface area contributed by atoms with Gasteiger partial charge in [0.05, 0.1) is 28.1 Å². The minimum absolute atomic E-state index is 0.0905. The van der Waals surface area contributed by atoms with Crippen LogP contribution in [0, 0.1) is 11.6 Å². The molecule has 2 aromatic carbocycles. The first-order chi connectivity index (χ1) is 16.1. The lowest BCUT2D eigenvalue weighted by Gasteiger charge is -2.15. The first-order valence-electron chi connectivity index (χ1n) is 9.86. The van der Waals surface area contributed by atoms with Gasteiger partial charge in [-0.2, -0.15) is 0 Å². The van der Waals surface area contributed by atoms with E-state index in [0.717, 1.165) is 17.8 Å². The van der Waals surface area contributed by atoms with Gasteiger partial charge in [0.1, 0.15) is 5.82 Å². The van der Waals surface area contributed by atoms with Crippen LogP contribution in [0.15, 0.2) is 40.0 Å². The summed E-state index contributed by atoms with van der Waals surface area (Å²) in [5.41, 5.74) is 0.118. The van der Waals surface area contributed by atoms with Gasteiger partial charge in [-0.05, 0) is 54.0 Å². The molecule has 180 valence electrons. The van der Waals surface area contributed by atoms with Gasteiger partial charge in [-0.25, -0.2) is 8.78 Å². The molecule has 2 amide bonds. The average Bonchev–Trinajstić information content (AvgIpc) is 3.17. The van der Waals surface area contributed by atoms with E-state index >= 15 is 0 Å². The van der Waals surface area contributed by atoms with E-state index in [1.165, 1.54) is 12.1 Å². The SMILES string of the molecule is CCn1c(SCC(=O)Nc2c(F)cc(F)cc2Br)nnc1[C@@H](C)NC(=O)c1ccc(Cl)cc1Cl. The number of nitrogens with one attached hydrogen (secondary N) is 2. The molecule has 13 heteroatoms. The topological polar surface area (TPSA) is 88.9 Å². The number of hydrogen-bond donors (Lipinski definition) is 2. The molecule has 0 radical (unpaired) electrons. The average molecular weight is 593 g/mol. The smallest absolute Gasteiger partial charge is 0.253 e. The zero-order valence-electron chi connectivity index (χ0n) is 17.8. The highest BCUT2D eigenvalue weighted by atomic mass is 79.9. The van der Waals surface area contributed by atoms with Crippen LogP contribution in [-0.4, -0.2) is 32.3 Å². The van der Waals surface area contributed by atoms with E-state index in [9.17, 15) is 18.4 Å². The van der Waals surface area contributed by atoms with Gasteiger partial charge in [0.2, 0.25) is 5.91 Å². The molecule has 0 spiro atoms. The predicted octanol–water partition coefficient (Wildman–Crippen LogP) is 5.87. The van der Waals surface area contributed by atoms with E-state index in [-0.39, 0.29) is 26.5 Å². The van der Waals surface area contributed by atoms with Crippen LogP contribution >= 0.6 is 50.9 Å². The molecular formula is C21H18BrCl2F2N5O2S. The fraction of sp³-hybridized carbons (Fsp3) is 0.238. The second kappa shape index (κ2) is 11.5. The molecule has 1 heterocycles. The van der Waals surface area contributed by atoms with Crippen molar-refractivity contribution in [3.05, 3.63) is 67.9 Å². The molecule has 0 bridgehead atoms. The van der Waals surface area contributed by atoms with Gasteiger partial charge in [-0.3, -0.25) is 9.59 Å². The third-order valence-corrected chi connectivity index (χ3v) is 6.72. The van der Waals surface area contributed by atoms with Gasteiger partial charge in [-0.15, -0.1) is 10.2 Å². The normalized spacial score (nSPS) is 11.9. The summed E-state index contributed by atoms with van der Waals surface area (Å²) in [6.45, 7) is 4.09. The van der Waals surface area contributed by atoms with E-state index in [1.54, 1.807) is 17.6 Å². The van der Waals surface area contributed by atoms with Crippen molar-refractivity contribution in [2.24, 2.45) is 0 Å². The zero-order chi connectivity index (χ0) is 25.0. The zero-order valence-corrected chi connectivity index (χ0v) is 21.7. The standard InChI is InChI=1S/C21H18BrCl2F2N5O2S/c1-3-31-19(10(2)27-20(33)13-5-4-11(23)6-15(13)24)29-30-21(31)34-9-17(32)28-18-14(22)7-12(25)8-16(18)26/h4-8,10H,3,9H2,1-2H3,(H,27,33)(H,28,32)/t10-/m1/s1. The van der Waals surface area contributed by atoms with Gasteiger partial charge in [0.25, 0.3) is 5.91 Å². The van der Waals surface area contributed by atoms with E-state index in [2.05, 4.69) is 36.8 Å². The Morgan fingerprint density at radius 1 is 1.21 bits per heavy atom. The minimum atomic E-state index is -0.894. The molecule has 1 aromatic heterocycles. The summed E-state index contributed by atoms with van der Waals surface area (Å²) in [5, 5.41) is 14.6. The Labute approximate surface area is 216 Å². The lowest BCUT2D eigenvalue weighted by Crippen LogP contribution is -2.29. The van der Waals surface area contributed by atoms with E-state index in [0.29, 0.717) is 28.6 Å². The van der Waals surface area contributed by atoms with Gasteiger partial charge < -0.3 is 15.2 Å². The summed E-state index contributed by atoms with van der Waals surface area (Å²) in [6, 6.07) is 5.79. The number of carbonyl (C=O) groups is 2. The van der Waals surface area contributed by atoms with Crippen molar-refractivity contribution in [3.63, 3.8) is 0 Å². The number of nitrogens with zero attached hydrogens (tertiary/aromatic N) is 3. The molecule has 34 heavy (non-hydrogen) atoms. The van der Waals surface area contributed by atoms with Crippen LogP contribution in [0.5, 0.6) is 0 Å². The maximum Gasteiger partial charge on any atom is 0.253 e. The summed E-state index contributed by atoms with van der Waals surface area (Å²) >= 11 is 16.1. The van der Waals surface area contributed by atoms with Crippen LogP contribution in [0.2, 0.25) is 10.0 Å². The number of amides is 2. The van der Waals surface area contributed by atoms with Crippen molar-refractivity contribution in [3.8, 4) is 0 Å². The van der Waals surface area contributed by atoms with E-state index < -0.39 is 29.5 Å². The summed E-state index contributed by atoms with van der Waals surface area (Å²) < 4.78 is 29.0. The Kier molecular flexibility index (Phi) is 8.91. The molecule has 2 N–H and O–H groups in total. The Morgan fingerprint density at radius 2 is 1.94 bits per heavy atom. The Morgan fingerprint density at radius 3 is 2.59 bits per heavy atom. The second-order valence-electron chi connectivity index (χ2n) is 6.99. The molecule has 1 atom stereocenters. The lowest BCUT2D eigenvalue weighted by atomic mass is 10.2. The number of carbonyl (C=O) groups excluding carboxylic acids is 2. The van der Waals surface area contributed by atoms with Crippen molar-refractivity contribution < 1.29 is 18.4 Å². The molecule has 3 rings (SSSR count). The van der Waals surface area contributed by atoms with E-state index in [1.807, 2.05) is 6.92 Å². The molecule has 0 unspecified atom stereocenters. The maximum atomic E-state index is 13.9. The maximum absolute atomic E-state index is 13.9. The first kappa shape index (κ1) is 26.4. The number of hydrogen-bond acceptors (Lipinski definition) is 5. The number of thioether (sulfide) groups is 1. The van der Waals surface area contributed by atoms with Gasteiger partial charge in [0.15, 0.2) is 16.8 Å². The molecule has 0 saturated carbocycles. The van der Waals surface area contributed by atoms with Crippen molar-refractivity contribution in [1.29, 1.82) is 0 Å². The highest BCUT2D eigenvalue weighted by Gasteiger charge is 2.21. The minimum Gasteiger partial charge on any atom is -0.342 e. The van der Waals surface area contributed by atoms with Crippen molar-refractivity contribution >= 4 is 68.4 Å². The van der Waals surface area contributed by atoms with Crippen LogP contribution in [0.3, 0.4) is 0 Å². The molecule has 0 fully saturated rings. The monoisotopic (exact) mass is 591 g/mol. The van der Waals surface area contributed by atoms with Gasteiger partial charge in [-0.1, -0.05) is 35.0 Å². The number of anilines is 1. The molecule has 0 aliphatic carbocycles. The van der Waals surface area contributed by atoms with Gasteiger partial charge >= 0.3 is 0 Å². The van der Waals surface area contributed by atoms with Crippen LogP contribution < -0.4 is 10.6 Å². The van der Waals surface area contributed by atoms with Crippen LogP contribution in [0.4, 0.5) is 14.5 Å². The number of aromatic nitrogens is 3. The van der Waals surface area contributed by atoms with Crippen molar-refractivity contribution in [2.75, 3.05) is 11.1 Å². The number of benzene rings is 2. The molecule has 0 aliphatic heterocycles. The Bertz CT molecular complexity index is 1220. The van der Waals surface area contributed by atoms with Crippen molar-refractivity contribution in [1.82, 2.24) is 20.1 Å². The molecule has 0 saturated heterocycles. The van der Waals surface area contributed by atoms with Crippen LogP contribution in [0.25, 0.3) is 0 Å². The fourth-order valence-electron chi connectivity index (χ4n) is 3.00. The summed E-state index contributed by atoms with van der Waals surface area (Å²) in [5.74, 6) is -2.18. The van der Waals surface area contributed by atoms with Crippen molar-refractivity contribution in [2.45, 2.75) is 31.6 Å². The number of rotatable bonds is 8. The largest absolute Gasteiger partial charge is 0.342 e. The highest BCUT2D eigenvalue weighted by molar-refractivity contribution is 9.10. The first-order valence-corrected chi connectivity index (χ1v) is 12.4. The Hall–Kier alpha value is -2.21. The fourth-order valence-corrected chi connectivity index (χ4v) is 4.82. The van der Waals surface area contributed by atoms with Gasteiger partial charge in [0, 0.05) is 22.1 Å². The lowest BCUT2D eigenvalue weighted by molar-refractivity contribution is -0.113. The quantitative estimate of drug-likeness (QED) is 0.320. The summed E-state index contributed by atoms with van der Waals surface area (Å²) in [6.07, 6.45) is 0. The third kappa shape index (κ3) is 6.26. The summed E-state index contributed by atoms with van der Waals surface area (Å²) in [7, 11) is 0. The van der Waals surface area contributed by atoms with Crippen LogP contribution in [0.1, 0.15) is 36.1 Å². The molecular weight excluding hydrogens is 575 g/mol. The van der Waals surface area contributed by atoms with E-state index in [4.69, 9.17) is 23.2 Å². The molecule has 7 nitrogen and oxygen atoms in total.